The number of H-pyrrole nitrogens is 1. The first-order valence-electron chi connectivity index (χ1n) is 6.59. The topological polar surface area (TPSA) is 68.6 Å². The minimum Gasteiger partial charge on any atom is -0.371 e. The molecule has 0 aliphatic carbocycles. The molecule has 6 heteroatoms. The Balaban J connectivity index is 1.80. The van der Waals surface area contributed by atoms with Crippen LogP contribution in [0, 0.1) is 11.3 Å². The first-order chi connectivity index (χ1) is 9.78. The van der Waals surface area contributed by atoms with Gasteiger partial charge < -0.3 is 4.90 Å². The fraction of sp³-hybridized carbons (Fsp3) is 0.357. The summed E-state index contributed by atoms with van der Waals surface area (Å²) in [5, 5.41) is 20.4. The van der Waals surface area contributed by atoms with Gasteiger partial charge in [-0.3, -0.25) is 0 Å². The van der Waals surface area contributed by atoms with Crippen LogP contribution in [0.2, 0.25) is 5.02 Å². The van der Waals surface area contributed by atoms with Gasteiger partial charge in [0, 0.05) is 29.7 Å². The summed E-state index contributed by atoms with van der Waals surface area (Å²) in [5.41, 5.74) is 2.35. The van der Waals surface area contributed by atoms with Crippen molar-refractivity contribution >= 4 is 17.3 Å². The van der Waals surface area contributed by atoms with E-state index in [4.69, 9.17) is 16.9 Å². The zero-order chi connectivity index (χ0) is 13.9. The average molecular weight is 288 g/mol. The number of aromatic nitrogens is 3. The lowest BCUT2D eigenvalue weighted by Crippen LogP contribution is -2.34. The average Bonchev–Trinajstić information content (AvgIpc) is 2.96. The molecule has 0 spiro atoms. The Labute approximate surface area is 122 Å². The molecule has 1 atom stereocenters. The van der Waals surface area contributed by atoms with E-state index in [0.29, 0.717) is 5.69 Å². The predicted octanol–water partition coefficient (Wildman–Crippen LogP) is 2.71. The van der Waals surface area contributed by atoms with E-state index in [0.717, 1.165) is 42.3 Å². The van der Waals surface area contributed by atoms with Crippen LogP contribution in [0.3, 0.4) is 0 Å². The van der Waals surface area contributed by atoms with Gasteiger partial charge in [0.25, 0.3) is 0 Å². The second-order valence-electron chi connectivity index (χ2n) is 4.93. The molecule has 1 aromatic carbocycles. The molecule has 0 bridgehead atoms. The molecule has 2 aromatic rings. The van der Waals surface area contributed by atoms with Gasteiger partial charge in [0.1, 0.15) is 11.8 Å². The van der Waals surface area contributed by atoms with Crippen molar-refractivity contribution in [2.45, 2.75) is 18.8 Å². The van der Waals surface area contributed by atoms with E-state index in [1.165, 1.54) is 0 Å². The number of rotatable bonds is 2. The van der Waals surface area contributed by atoms with Gasteiger partial charge in [-0.05, 0) is 37.1 Å². The number of nitrogens with one attached hydrogen (secondary N) is 1. The molecule has 1 fully saturated rings. The quantitative estimate of drug-likeness (QED) is 0.922. The van der Waals surface area contributed by atoms with Gasteiger partial charge in [-0.15, -0.1) is 5.10 Å². The highest BCUT2D eigenvalue weighted by atomic mass is 35.5. The molecule has 2 heterocycles. The third kappa shape index (κ3) is 2.47. The summed E-state index contributed by atoms with van der Waals surface area (Å²) in [6.45, 7) is 1.86. The van der Waals surface area contributed by atoms with Crippen LogP contribution in [0.15, 0.2) is 24.3 Å². The van der Waals surface area contributed by atoms with Crippen molar-refractivity contribution in [2.75, 3.05) is 18.0 Å². The Kier molecular flexibility index (Phi) is 3.57. The standard InChI is InChI=1S/C14H14ClN5/c15-11-3-5-12(6-4-11)20-7-1-2-10(9-20)14-13(8-16)17-19-18-14/h3-6,10H,1-2,7,9H2,(H,17,18,19). The van der Waals surface area contributed by atoms with Crippen LogP contribution in [0.4, 0.5) is 5.69 Å². The number of aromatic amines is 1. The highest BCUT2D eigenvalue weighted by Gasteiger charge is 2.26. The Morgan fingerprint density at radius 2 is 2.10 bits per heavy atom. The van der Waals surface area contributed by atoms with Gasteiger partial charge in [-0.25, -0.2) is 0 Å². The van der Waals surface area contributed by atoms with Crippen molar-refractivity contribution in [2.24, 2.45) is 0 Å². The Morgan fingerprint density at radius 3 is 2.85 bits per heavy atom. The summed E-state index contributed by atoms with van der Waals surface area (Å²) in [5.74, 6) is 0.243. The largest absolute Gasteiger partial charge is 0.371 e. The molecule has 5 nitrogen and oxygen atoms in total. The molecule has 0 radical (unpaired) electrons. The molecule has 1 saturated heterocycles. The zero-order valence-electron chi connectivity index (χ0n) is 10.9. The maximum atomic E-state index is 9.05. The third-order valence-corrected chi connectivity index (χ3v) is 3.93. The van der Waals surface area contributed by atoms with Crippen molar-refractivity contribution < 1.29 is 0 Å². The molecule has 1 aromatic heterocycles. The number of benzene rings is 1. The van der Waals surface area contributed by atoms with E-state index in [1.807, 2.05) is 24.3 Å². The van der Waals surface area contributed by atoms with E-state index in [1.54, 1.807) is 0 Å². The van der Waals surface area contributed by atoms with E-state index >= 15 is 0 Å². The van der Waals surface area contributed by atoms with Crippen molar-refractivity contribution in [3.05, 3.63) is 40.7 Å². The van der Waals surface area contributed by atoms with Gasteiger partial charge >= 0.3 is 0 Å². The first-order valence-corrected chi connectivity index (χ1v) is 6.97. The van der Waals surface area contributed by atoms with Gasteiger partial charge in [0.05, 0.1) is 0 Å². The van der Waals surface area contributed by atoms with Crippen molar-refractivity contribution in [3.63, 3.8) is 0 Å². The molecule has 3 rings (SSSR count). The number of hydrogen-bond donors (Lipinski definition) is 1. The second kappa shape index (κ2) is 5.51. The molecular formula is C14H14ClN5. The Hall–Kier alpha value is -2.06. The second-order valence-corrected chi connectivity index (χ2v) is 5.37. The zero-order valence-corrected chi connectivity index (χ0v) is 11.6. The number of hydrogen-bond acceptors (Lipinski definition) is 4. The minimum atomic E-state index is 0.243. The van der Waals surface area contributed by atoms with Crippen LogP contribution in [-0.2, 0) is 0 Å². The predicted molar refractivity (Wildman–Crippen MR) is 76.7 cm³/mol. The van der Waals surface area contributed by atoms with E-state index in [2.05, 4.69) is 26.4 Å². The molecule has 1 N–H and O–H groups in total. The summed E-state index contributed by atoms with van der Waals surface area (Å²) in [6.07, 6.45) is 2.11. The summed E-state index contributed by atoms with van der Waals surface area (Å²) < 4.78 is 0. The smallest absolute Gasteiger partial charge is 0.185 e. The minimum absolute atomic E-state index is 0.243. The van der Waals surface area contributed by atoms with Crippen LogP contribution in [0.5, 0.6) is 0 Å². The maximum Gasteiger partial charge on any atom is 0.185 e. The molecule has 0 amide bonds. The number of halogens is 1. The van der Waals surface area contributed by atoms with E-state index in [9.17, 15) is 0 Å². The van der Waals surface area contributed by atoms with Gasteiger partial charge in [0.2, 0.25) is 0 Å². The highest BCUT2D eigenvalue weighted by molar-refractivity contribution is 6.30. The van der Waals surface area contributed by atoms with E-state index in [-0.39, 0.29) is 5.92 Å². The first kappa shape index (κ1) is 12.9. The molecule has 1 aliphatic heterocycles. The van der Waals surface area contributed by atoms with Crippen LogP contribution in [0.1, 0.15) is 30.1 Å². The molecule has 0 saturated carbocycles. The number of nitriles is 1. The van der Waals surface area contributed by atoms with Crippen molar-refractivity contribution in [1.29, 1.82) is 5.26 Å². The lowest BCUT2D eigenvalue weighted by molar-refractivity contribution is 0.500. The maximum absolute atomic E-state index is 9.05. The van der Waals surface area contributed by atoms with Crippen LogP contribution in [-0.4, -0.2) is 28.5 Å². The Bertz CT molecular complexity index is 628. The monoisotopic (exact) mass is 287 g/mol. The summed E-state index contributed by atoms with van der Waals surface area (Å²) in [4.78, 5) is 2.31. The fourth-order valence-electron chi connectivity index (χ4n) is 2.69. The van der Waals surface area contributed by atoms with Crippen molar-refractivity contribution in [3.8, 4) is 6.07 Å². The van der Waals surface area contributed by atoms with Crippen LogP contribution >= 0.6 is 11.6 Å². The molecule has 102 valence electrons. The number of anilines is 1. The fourth-order valence-corrected chi connectivity index (χ4v) is 2.82. The van der Waals surface area contributed by atoms with Gasteiger partial charge in [-0.2, -0.15) is 15.6 Å². The summed E-state index contributed by atoms with van der Waals surface area (Å²) in [6, 6.07) is 9.95. The van der Waals surface area contributed by atoms with Crippen LogP contribution < -0.4 is 4.90 Å². The summed E-state index contributed by atoms with van der Waals surface area (Å²) in [7, 11) is 0. The summed E-state index contributed by atoms with van der Waals surface area (Å²) >= 11 is 5.92. The van der Waals surface area contributed by atoms with Crippen molar-refractivity contribution in [1.82, 2.24) is 15.4 Å². The molecule has 1 aliphatic rings. The lowest BCUT2D eigenvalue weighted by atomic mass is 9.93. The van der Waals surface area contributed by atoms with E-state index < -0.39 is 0 Å². The lowest BCUT2D eigenvalue weighted by Gasteiger charge is -2.33. The SMILES string of the molecule is N#Cc1n[nH]nc1C1CCCN(c2ccc(Cl)cc2)C1. The number of piperidine rings is 1. The molecule has 20 heavy (non-hydrogen) atoms. The van der Waals surface area contributed by atoms with Gasteiger partial charge in [0.15, 0.2) is 5.69 Å². The third-order valence-electron chi connectivity index (χ3n) is 3.68. The van der Waals surface area contributed by atoms with Crippen LogP contribution in [0.25, 0.3) is 0 Å². The Morgan fingerprint density at radius 1 is 1.30 bits per heavy atom. The number of nitrogens with zero attached hydrogens (tertiary/aromatic N) is 4. The molecular weight excluding hydrogens is 274 g/mol. The van der Waals surface area contributed by atoms with Gasteiger partial charge in [-0.1, -0.05) is 11.6 Å². The normalized spacial score (nSPS) is 18.8. The molecule has 1 unspecified atom stereocenters. The highest BCUT2D eigenvalue weighted by Crippen LogP contribution is 2.30.